The molecule has 2 atom stereocenters. The van der Waals surface area contributed by atoms with Crippen molar-refractivity contribution in [2.45, 2.75) is 31.4 Å². The van der Waals surface area contributed by atoms with Crippen molar-refractivity contribution in [3.63, 3.8) is 0 Å². The number of rotatable bonds is 6. The van der Waals surface area contributed by atoms with Gasteiger partial charge in [0.25, 0.3) is 0 Å². The molecule has 1 aromatic rings. The molecule has 1 fully saturated rings. The molecule has 0 radical (unpaired) electrons. The Morgan fingerprint density at radius 1 is 1.29 bits per heavy atom. The lowest BCUT2D eigenvalue weighted by atomic mass is 9.98. The van der Waals surface area contributed by atoms with E-state index in [1.165, 1.54) is 12.8 Å². The van der Waals surface area contributed by atoms with Gasteiger partial charge < -0.3 is 15.2 Å². The standard InChI is InChI=1S/C14H21NO2/c1-16-13-6-4-3-5-11(13)9-12(15)14(17-2)10-7-8-10/h3-6,10,12,14H,7-9,15H2,1-2H3. The van der Waals surface area contributed by atoms with Crippen LogP contribution in [0.25, 0.3) is 0 Å². The summed E-state index contributed by atoms with van der Waals surface area (Å²) in [4.78, 5) is 0. The maximum Gasteiger partial charge on any atom is 0.122 e. The second-order valence-electron chi connectivity index (χ2n) is 4.72. The van der Waals surface area contributed by atoms with Gasteiger partial charge in [-0.3, -0.25) is 0 Å². The van der Waals surface area contributed by atoms with Crippen LogP contribution in [0.5, 0.6) is 5.75 Å². The predicted octanol–water partition coefficient (Wildman–Crippen LogP) is 1.99. The Labute approximate surface area is 103 Å². The Morgan fingerprint density at radius 2 is 2.00 bits per heavy atom. The lowest BCUT2D eigenvalue weighted by molar-refractivity contribution is 0.0625. The smallest absolute Gasteiger partial charge is 0.122 e. The van der Waals surface area contributed by atoms with Crippen molar-refractivity contribution in [2.24, 2.45) is 11.7 Å². The molecule has 3 nitrogen and oxygen atoms in total. The van der Waals surface area contributed by atoms with E-state index in [9.17, 15) is 0 Å². The highest BCUT2D eigenvalue weighted by molar-refractivity contribution is 5.34. The summed E-state index contributed by atoms with van der Waals surface area (Å²) in [6, 6.07) is 8.08. The molecular weight excluding hydrogens is 214 g/mol. The molecular formula is C14H21NO2. The second-order valence-corrected chi connectivity index (χ2v) is 4.72. The summed E-state index contributed by atoms with van der Waals surface area (Å²) in [5.74, 6) is 1.57. The first kappa shape index (κ1) is 12.4. The fourth-order valence-electron chi connectivity index (χ4n) is 2.38. The van der Waals surface area contributed by atoms with Crippen molar-refractivity contribution in [2.75, 3.05) is 14.2 Å². The van der Waals surface area contributed by atoms with Gasteiger partial charge in [-0.15, -0.1) is 0 Å². The number of para-hydroxylation sites is 1. The molecule has 0 aliphatic heterocycles. The Morgan fingerprint density at radius 3 is 2.59 bits per heavy atom. The van der Waals surface area contributed by atoms with Gasteiger partial charge in [0.15, 0.2) is 0 Å². The summed E-state index contributed by atoms with van der Waals surface area (Å²) < 4.78 is 10.9. The van der Waals surface area contributed by atoms with E-state index in [0.29, 0.717) is 5.92 Å². The van der Waals surface area contributed by atoms with E-state index >= 15 is 0 Å². The number of methoxy groups -OCH3 is 2. The summed E-state index contributed by atoms with van der Waals surface area (Å²) >= 11 is 0. The van der Waals surface area contributed by atoms with Gasteiger partial charge in [-0.2, -0.15) is 0 Å². The van der Waals surface area contributed by atoms with Crippen LogP contribution in [-0.2, 0) is 11.2 Å². The minimum Gasteiger partial charge on any atom is -0.496 e. The van der Waals surface area contributed by atoms with Gasteiger partial charge in [-0.05, 0) is 36.8 Å². The molecule has 2 N–H and O–H groups in total. The highest BCUT2D eigenvalue weighted by Gasteiger charge is 2.35. The number of ether oxygens (including phenoxy) is 2. The summed E-state index contributed by atoms with van der Waals surface area (Å²) in [5, 5.41) is 0. The van der Waals surface area contributed by atoms with Crippen LogP contribution in [0.4, 0.5) is 0 Å². The average Bonchev–Trinajstić information content (AvgIpc) is 3.15. The van der Waals surface area contributed by atoms with Crippen molar-refractivity contribution in [3.05, 3.63) is 29.8 Å². The number of benzene rings is 1. The fourth-order valence-corrected chi connectivity index (χ4v) is 2.38. The molecule has 0 spiro atoms. The molecule has 0 bridgehead atoms. The van der Waals surface area contributed by atoms with Gasteiger partial charge in [0.1, 0.15) is 5.75 Å². The molecule has 17 heavy (non-hydrogen) atoms. The molecule has 0 amide bonds. The van der Waals surface area contributed by atoms with E-state index < -0.39 is 0 Å². The largest absolute Gasteiger partial charge is 0.496 e. The fraction of sp³-hybridized carbons (Fsp3) is 0.571. The first-order chi connectivity index (χ1) is 8.26. The maximum absolute atomic E-state index is 6.24. The minimum atomic E-state index is 0.0452. The molecule has 2 unspecified atom stereocenters. The molecule has 1 aromatic carbocycles. The summed E-state index contributed by atoms with van der Waals surface area (Å²) in [5.41, 5.74) is 7.40. The maximum atomic E-state index is 6.24. The first-order valence-corrected chi connectivity index (χ1v) is 6.16. The zero-order chi connectivity index (χ0) is 12.3. The molecule has 94 valence electrons. The lowest BCUT2D eigenvalue weighted by Gasteiger charge is -2.23. The van der Waals surface area contributed by atoms with Crippen LogP contribution in [0.2, 0.25) is 0 Å². The molecule has 1 aliphatic carbocycles. The van der Waals surface area contributed by atoms with Crippen LogP contribution < -0.4 is 10.5 Å². The highest BCUT2D eigenvalue weighted by Crippen LogP contribution is 2.36. The molecule has 3 heteroatoms. The van der Waals surface area contributed by atoms with Crippen molar-refractivity contribution >= 4 is 0 Å². The van der Waals surface area contributed by atoms with Gasteiger partial charge in [0.05, 0.1) is 13.2 Å². The number of hydrogen-bond acceptors (Lipinski definition) is 3. The van der Waals surface area contributed by atoms with E-state index in [0.717, 1.165) is 17.7 Å². The van der Waals surface area contributed by atoms with Crippen LogP contribution in [0.15, 0.2) is 24.3 Å². The molecule has 0 aromatic heterocycles. The predicted molar refractivity (Wildman–Crippen MR) is 68.2 cm³/mol. The summed E-state index contributed by atoms with van der Waals surface area (Å²) in [6.07, 6.45) is 3.48. The van der Waals surface area contributed by atoms with E-state index in [2.05, 4.69) is 6.07 Å². The SMILES string of the molecule is COc1ccccc1CC(N)C(OC)C1CC1. The second kappa shape index (κ2) is 5.52. The van der Waals surface area contributed by atoms with Gasteiger partial charge in [-0.1, -0.05) is 18.2 Å². The first-order valence-electron chi connectivity index (χ1n) is 6.16. The van der Waals surface area contributed by atoms with Crippen molar-refractivity contribution in [1.29, 1.82) is 0 Å². The van der Waals surface area contributed by atoms with Crippen LogP contribution in [0.3, 0.4) is 0 Å². The minimum absolute atomic E-state index is 0.0452. The van der Waals surface area contributed by atoms with E-state index in [-0.39, 0.29) is 12.1 Å². The highest BCUT2D eigenvalue weighted by atomic mass is 16.5. The van der Waals surface area contributed by atoms with E-state index in [1.54, 1.807) is 14.2 Å². The van der Waals surface area contributed by atoms with Crippen LogP contribution in [0, 0.1) is 5.92 Å². The monoisotopic (exact) mass is 235 g/mol. The summed E-state index contributed by atoms with van der Waals surface area (Å²) in [7, 11) is 3.45. The lowest BCUT2D eigenvalue weighted by Crippen LogP contribution is -2.39. The molecule has 1 saturated carbocycles. The molecule has 0 saturated heterocycles. The van der Waals surface area contributed by atoms with E-state index in [1.807, 2.05) is 18.2 Å². The van der Waals surface area contributed by atoms with Crippen LogP contribution >= 0.6 is 0 Å². The third-order valence-electron chi connectivity index (χ3n) is 3.43. The van der Waals surface area contributed by atoms with Gasteiger partial charge in [-0.25, -0.2) is 0 Å². The molecule has 0 heterocycles. The molecule has 1 aliphatic rings. The Bertz CT molecular complexity index is 363. The van der Waals surface area contributed by atoms with Gasteiger partial charge in [0.2, 0.25) is 0 Å². The zero-order valence-corrected chi connectivity index (χ0v) is 10.6. The average molecular weight is 235 g/mol. The van der Waals surface area contributed by atoms with Crippen molar-refractivity contribution in [1.82, 2.24) is 0 Å². The van der Waals surface area contributed by atoms with Crippen LogP contribution in [0.1, 0.15) is 18.4 Å². The molecule has 2 rings (SSSR count). The van der Waals surface area contributed by atoms with E-state index in [4.69, 9.17) is 15.2 Å². The Balaban J connectivity index is 2.03. The van der Waals surface area contributed by atoms with Gasteiger partial charge >= 0.3 is 0 Å². The summed E-state index contributed by atoms with van der Waals surface area (Å²) in [6.45, 7) is 0. The Kier molecular flexibility index (Phi) is 4.02. The zero-order valence-electron chi connectivity index (χ0n) is 10.6. The van der Waals surface area contributed by atoms with Crippen molar-refractivity contribution < 1.29 is 9.47 Å². The number of hydrogen-bond donors (Lipinski definition) is 1. The topological polar surface area (TPSA) is 44.5 Å². The quantitative estimate of drug-likeness (QED) is 0.820. The van der Waals surface area contributed by atoms with Gasteiger partial charge in [0, 0.05) is 13.2 Å². The third kappa shape index (κ3) is 2.99. The number of nitrogens with two attached hydrogens (primary N) is 1. The third-order valence-corrected chi connectivity index (χ3v) is 3.43. The van der Waals surface area contributed by atoms with Crippen molar-refractivity contribution in [3.8, 4) is 5.75 Å². The van der Waals surface area contributed by atoms with Crippen LogP contribution in [-0.4, -0.2) is 26.4 Å². The Hall–Kier alpha value is -1.06. The normalized spacial score (nSPS) is 18.8.